The minimum absolute atomic E-state index is 0.176. The van der Waals surface area contributed by atoms with Gasteiger partial charge in [0.1, 0.15) is 5.75 Å². The third-order valence-electron chi connectivity index (χ3n) is 2.00. The Balaban J connectivity index is 2.42. The molecule has 0 bridgehead atoms. The Bertz CT molecular complexity index is 506. The second kappa shape index (κ2) is 3.97. The van der Waals surface area contributed by atoms with Gasteiger partial charge >= 0.3 is 6.09 Å². The molecule has 0 aliphatic heterocycles. The molecule has 1 aromatic carbocycles. The number of carbonyl (C=O) groups is 1. The molecular weight excluding hydrogens is 212 g/mol. The van der Waals surface area contributed by atoms with Crippen molar-refractivity contribution in [2.75, 3.05) is 7.11 Å². The van der Waals surface area contributed by atoms with Gasteiger partial charge in [0, 0.05) is 5.56 Å². The molecule has 1 aromatic heterocycles. The van der Waals surface area contributed by atoms with Crippen molar-refractivity contribution < 1.29 is 14.6 Å². The zero-order chi connectivity index (χ0) is 11.5. The summed E-state index contributed by atoms with van der Waals surface area (Å²) in [5.74, 6) is 0.855. The van der Waals surface area contributed by atoms with Gasteiger partial charge in [-0.1, -0.05) is 0 Å². The molecule has 2 rings (SSSR count). The lowest BCUT2D eigenvalue weighted by atomic mass is 10.2. The van der Waals surface area contributed by atoms with Crippen LogP contribution >= 0.6 is 0 Å². The minimum Gasteiger partial charge on any atom is -0.497 e. The molecule has 2 aromatic rings. The number of hydrogen-bond donors (Lipinski definition) is 1. The SMILES string of the molecule is COc1ccc(-c2nnnn2C(=O)O)cc1. The number of methoxy groups -OCH3 is 1. The van der Waals surface area contributed by atoms with E-state index in [-0.39, 0.29) is 5.82 Å². The number of hydrogen-bond acceptors (Lipinski definition) is 5. The first kappa shape index (κ1) is 10.1. The molecule has 0 unspecified atom stereocenters. The molecular formula is C9H8N4O3. The molecule has 7 nitrogen and oxygen atoms in total. The topological polar surface area (TPSA) is 90.1 Å². The lowest BCUT2D eigenvalue weighted by Crippen LogP contribution is -2.11. The van der Waals surface area contributed by atoms with E-state index in [1.165, 1.54) is 0 Å². The van der Waals surface area contributed by atoms with Crippen molar-refractivity contribution in [3.8, 4) is 17.1 Å². The minimum atomic E-state index is -1.23. The average Bonchev–Trinajstić information content (AvgIpc) is 2.78. The Kier molecular flexibility index (Phi) is 2.50. The number of benzene rings is 1. The van der Waals surface area contributed by atoms with Crippen molar-refractivity contribution in [2.24, 2.45) is 0 Å². The molecule has 1 heterocycles. The van der Waals surface area contributed by atoms with Crippen molar-refractivity contribution in [3.63, 3.8) is 0 Å². The standard InChI is InChI=1S/C9H8N4O3/c1-16-7-4-2-6(3-5-7)8-10-11-12-13(8)9(14)15/h2-5H,1H3,(H,14,15). The smallest absolute Gasteiger partial charge is 0.435 e. The van der Waals surface area contributed by atoms with Gasteiger partial charge in [-0.15, -0.1) is 9.78 Å². The Labute approximate surface area is 90.3 Å². The summed E-state index contributed by atoms with van der Waals surface area (Å²) < 4.78 is 5.70. The molecule has 1 N–H and O–H groups in total. The van der Waals surface area contributed by atoms with Crippen molar-refractivity contribution in [3.05, 3.63) is 24.3 Å². The summed E-state index contributed by atoms with van der Waals surface area (Å²) in [7, 11) is 1.55. The molecule has 7 heteroatoms. The summed E-state index contributed by atoms with van der Waals surface area (Å²) in [5.41, 5.74) is 0.605. The molecule has 0 aliphatic carbocycles. The maximum atomic E-state index is 10.8. The summed E-state index contributed by atoms with van der Waals surface area (Å²) in [5, 5.41) is 19.1. The largest absolute Gasteiger partial charge is 0.497 e. The molecule has 0 fully saturated rings. The van der Waals surface area contributed by atoms with E-state index in [4.69, 9.17) is 9.84 Å². The van der Waals surface area contributed by atoms with Crippen LogP contribution in [-0.2, 0) is 0 Å². The summed E-state index contributed by atoms with van der Waals surface area (Å²) in [6.07, 6.45) is -1.23. The number of tetrazole rings is 1. The van der Waals surface area contributed by atoms with Crippen LogP contribution < -0.4 is 4.74 Å². The van der Waals surface area contributed by atoms with Crippen LogP contribution in [0.5, 0.6) is 5.75 Å². The first-order chi connectivity index (χ1) is 7.72. The number of carboxylic acid groups (broad SMARTS) is 1. The lowest BCUT2D eigenvalue weighted by molar-refractivity contribution is 0.192. The highest BCUT2D eigenvalue weighted by Gasteiger charge is 2.13. The summed E-state index contributed by atoms with van der Waals surface area (Å²) in [6, 6.07) is 6.78. The second-order valence-electron chi connectivity index (χ2n) is 2.93. The monoisotopic (exact) mass is 220 g/mol. The zero-order valence-electron chi connectivity index (χ0n) is 8.36. The van der Waals surface area contributed by atoms with E-state index >= 15 is 0 Å². The van der Waals surface area contributed by atoms with Crippen LogP contribution in [0.25, 0.3) is 11.4 Å². The summed E-state index contributed by atoms with van der Waals surface area (Å²) >= 11 is 0. The molecule has 0 spiro atoms. The van der Waals surface area contributed by atoms with Crippen LogP contribution in [0, 0.1) is 0 Å². The van der Waals surface area contributed by atoms with Gasteiger partial charge in [0.05, 0.1) is 7.11 Å². The zero-order valence-corrected chi connectivity index (χ0v) is 8.36. The predicted octanol–water partition coefficient (Wildman–Crippen LogP) is 0.875. The quantitative estimate of drug-likeness (QED) is 0.755. The van der Waals surface area contributed by atoms with E-state index in [0.29, 0.717) is 16.0 Å². The van der Waals surface area contributed by atoms with Gasteiger partial charge in [0.15, 0.2) is 5.82 Å². The predicted molar refractivity (Wildman–Crippen MR) is 53.2 cm³/mol. The Morgan fingerprint density at radius 3 is 2.62 bits per heavy atom. The summed E-state index contributed by atoms with van der Waals surface area (Å²) in [4.78, 5) is 10.8. The third kappa shape index (κ3) is 1.70. The van der Waals surface area contributed by atoms with E-state index in [2.05, 4.69) is 15.5 Å². The molecule has 0 saturated heterocycles. The first-order valence-electron chi connectivity index (χ1n) is 4.38. The second-order valence-corrected chi connectivity index (χ2v) is 2.93. The fourth-order valence-electron chi connectivity index (χ4n) is 1.24. The normalized spacial score (nSPS) is 10.1. The fourth-order valence-corrected chi connectivity index (χ4v) is 1.24. The molecule has 0 radical (unpaired) electrons. The Morgan fingerprint density at radius 1 is 1.38 bits per heavy atom. The number of nitrogens with zero attached hydrogens (tertiary/aromatic N) is 4. The first-order valence-corrected chi connectivity index (χ1v) is 4.38. The van der Waals surface area contributed by atoms with Gasteiger partial charge in [-0.3, -0.25) is 0 Å². The van der Waals surface area contributed by atoms with Crippen LogP contribution in [0.3, 0.4) is 0 Å². The lowest BCUT2D eigenvalue weighted by Gasteiger charge is -2.01. The van der Waals surface area contributed by atoms with E-state index < -0.39 is 6.09 Å². The van der Waals surface area contributed by atoms with E-state index in [1.54, 1.807) is 31.4 Å². The molecule has 16 heavy (non-hydrogen) atoms. The van der Waals surface area contributed by atoms with Crippen LogP contribution in [0.4, 0.5) is 4.79 Å². The highest BCUT2D eigenvalue weighted by atomic mass is 16.5. The summed E-state index contributed by atoms with van der Waals surface area (Å²) in [6.45, 7) is 0. The van der Waals surface area contributed by atoms with Crippen molar-refractivity contribution in [1.29, 1.82) is 0 Å². The van der Waals surface area contributed by atoms with Gasteiger partial charge in [-0.25, -0.2) is 4.79 Å². The van der Waals surface area contributed by atoms with Gasteiger partial charge in [-0.2, -0.15) is 0 Å². The number of ether oxygens (including phenoxy) is 1. The van der Waals surface area contributed by atoms with Crippen molar-refractivity contribution in [1.82, 2.24) is 20.2 Å². The van der Waals surface area contributed by atoms with Gasteiger partial charge in [0.2, 0.25) is 0 Å². The molecule has 0 atom stereocenters. The molecule has 82 valence electrons. The van der Waals surface area contributed by atoms with Crippen LogP contribution in [0.1, 0.15) is 0 Å². The van der Waals surface area contributed by atoms with E-state index in [9.17, 15) is 4.79 Å². The molecule has 0 saturated carbocycles. The molecule has 0 aliphatic rings. The Morgan fingerprint density at radius 2 is 2.06 bits per heavy atom. The van der Waals surface area contributed by atoms with Gasteiger partial charge in [-0.05, 0) is 34.7 Å². The van der Waals surface area contributed by atoms with E-state index in [1.807, 2.05) is 0 Å². The van der Waals surface area contributed by atoms with Crippen molar-refractivity contribution in [2.45, 2.75) is 0 Å². The number of rotatable bonds is 2. The van der Waals surface area contributed by atoms with Gasteiger partial charge < -0.3 is 9.84 Å². The Hall–Kier alpha value is -2.44. The fraction of sp³-hybridized carbons (Fsp3) is 0.111. The number of aromatic nitrogens is 4. The van der Waals surface area contributed by atoms with Gasteiger partial charge in [0.25, 0.3) is 0 Å². The van der Waals surface area contributed by atoms with Crippen LogP contribution in [-0.4, -0.2) is 38.5 Å². The average molecular weight is 220 g/mol. The van der Waals surface area contributed by atoms with Crippen LogP contribution in [0.2, 0.25) is 0 Å². The van der Waals surface area contributed by atoms with Crippen molar-refractivity contribution >= 4 is 6.09 Å². The third-order valence-corrected chi connectivity index (χ3v) is 2.00. The van der Waals surface area contributed by atoms with E-state index in [0.717, 1.165) is 0 Å². The maximum Gasteiger partial charge on any atom is 0.435 e. The highest BCUT2D eigenvalue weighted by Crippen LogP contribution is 2.19. The molecule has 0 amide bonds. The van der Waals surface area contributed by atoms with Crippen LogP contribution in [0.15, 0.2) is 24.3 Å². The highest BCUT2D eigenvalue weighted by molar-refractivity contribution is 5.73. The maximum absolute atomic E-state index is 10.8.